The Bertz CT molecular complexity index is 543. The number of aliphatic hydroxyl groups is 1. The van der Waals surface area contributed by atoms with Crippen molar-refractivity contribution >= 4 is 11.9 Å². The van der Waals surface area contributed by atoms with Crippen molar-refractivity contribution in [2.24, 2.45) is 5.92 Å². The molecule has 0 spiro atoms. The number of rotatable bonds is 8. The van der Waals surface area contributed by atoms with Crippen LogP contribution in [0, 0.1) is 5.92 Å². The van der Waals surface area contributed by atoms with Crippen LogP contribution in [0.1, 0.15) is 19.8 Å². The van der Waals surface area contributed by atoms with Gasteiger partial charge in [0.1, 0.15) is 0 Å². The summed E-state index contributed by atoms with van der Waals surface area (Å²) in [6.45, 7) is 2.99. The van der Waals surface area contributed by atoms with E-state index >= 15 is 0 Å². The van der Waals surface area contributed by atoms with E-state index in [1.165, 1.54) is 0 Å². The van der Waals surface area contributed by atoms with Gasteiger partial charge in [0.25, 0.3) is 5.95 Å². The first kappa shape index (κ1) is 15.2. The minimum atomic E-state index is 0.221. The molecule has 0 fully saturated rings. The van der Waals surface area contributed by atoms with Gasteiger partial charge in [-0.05, 0) is 24.8 Å². The first-order valence-corrected chi connectivity index (χ1v) is 7.01. The average molecular weight is 291 g/mol. The highest BCUT2D eigenvalue weighted by atomic mass is 16.3. The maximum absolute atomic E-state index is 8.99. The number of hydrogen-bond donors (Lipinski definition) is 3. The fourth-order valence-corrected chi connectivity index (χ4v) is 1.79. The molecule has 21 heavy (non-hydrogen) atoms. The van der Waals surface area contributed by atoms with Gasteiger partial charge in [-0.1, -0.05) is 6.92 Å². The minimum absolute atomic E-state index is 0.221. The van der Waals surface area contributed by atoms with Gasteiger partial charge < -0.3 is 15.7 Å². The van der Waals surface area contributed by atoms with Gasteiger partial charge >= 0.3 is 0 Å². The summed E-state index contributed by atoms with van der Waals surface area (Å²) < 4.78 is 1.58. The lowest BCUT2D eigenvalue weighted by Crippen LogP contribution is -2.13. The van der Waals surface area contributed by atoms with Crippen LogP contribution in [0.15, 0.2) is 18.5 Å². The van der Waals surface area contributed by atoms with Gasteiger partial charge in [-0.3, -0.25) is 0 Å². The molecule has 0 bridgehead atoms. The van der Waals surface area contributed by atoms with Gasteiger partial charge in [-0.15, -0.1) is 0 Å². The summed E-state index contributed by atoms with van der Waals surface area (Å²) in [5.41, 5.74) is 0. The molecule has 0 aromatic carbocycles. The maximum atomic E-state index is 8.99. The zero-order chi connectivity index (χ0) is 15.1. The Morgan fingerprint density at radius 2 is 2.10 bits per heavy atom. The Kier molecular flexibility index (Phi) is 5.44. The van der Waals surface area contributed by atoms with E-state index in [9.17, 15) is 0 Å². The largest absolute Gasteiger partial charge is 0.396 e. The van der Waals surface area contributed by atoms with Gasteiger partial charge in [-0.2, -0.15) is 20.1 Å². The van der Waals surface area contributed by atoms with Crippen LogP contribution in [-0.2, 0) is 0 Å². The Labute approximate surface area is 123 Å². The zero-order valence-corrected chi connectivity index (χ0v) is 12.3. The van der Waals surface area contributed by atoms with Gasteiger partial charge in [0.05, 0.1) is 0 Å². The highest BCUT2D eigenvalue weighted by Crippen LogP contribution is 2.09. The van der Waals surface area contributed by atoms with Crippen molar-refractivity contribution in [2.45, 2.75) is 19.8 Å². The molecular weight excluding hydrogens is 270 g/mol. The number of aromatic nitrogens is 5. The SMILES string of the molecule is CNc1nc(NCCCC(C)CO)nc(-n2cccn2)n1. The van der Waals surface area contributed by atoms with E-state index in [0.29, 0.717) is 23.8 Å². The van der Waals surface area contributed by atoms with Gasteiger partial charge in [0.2, 0.25) is 11.9 Å². The molecule has 1 unspecified atom stereocenters. The molecule has 0 saturated heterocycles. The van der Waals surface area contributed by atoms with Crippen LogP contribution >= 0.6 is 0 Å². The standard InChI is InChI=1S/C13H21N7O/c1-10(9-21)5-3-6-15-12-17-11(14-2)18-13(19-12)20-8-4-7-16-20/h4,7-8,10,21H,3,5-6,9H2,1-2H3,(H2,14,15,17,18,19). The number of nitrogens with one attached hydrogen (secondary N) is 2. The van der Waals surface area contributed by atoms with Crippen LogP contribution in [0.2, 0.25) is 0 Å². The number of aliphatic hydroxyl groups excluding tert-OH is 1. The highest BCUT2D eigenvalue weighted by molar-refractivity contribution is 5.37. The molecule has 0 aliphatic rings. The van der Waals surface area contributed by atoms with Crippen LogP contribution in [0.25, 0.3) is 5.95 Å². The third kappa shape index (κ3) is 4.38. The first-order valence-electron chi connectivity index (χ1n) is 7.01. The van der Waals surface area contributed by atoms with Crippen molar-refractivity contribution in [1.29, 1.82) is 0 Å². The lowest BCUT2D eigenvalue weighted by molar-refractivity contribution is 0.229. The Hall–Kier alpha value is -2.22. The molecule has 2 aromatic rings. The summed E-state index contributed by atoms with van der Waals surface area (Å²) in [5.74, 6) is 1.78. The molecule has 0 aliphatic heterocycles. The molecule has 1 atom stereocenters. The second-order valence-electron chi connectivity index (χ2n) is 4.84. The van der Waals surface area contributed by atoms with Crippen LogP contribution in [0.5, 0.6) is 0 Å². The van der Waals surface area contributed by atoms with Crippen LogP contribution < -0.4 is 10.6 Å². The van der Waals surface area contributed by atoms with E-state index in [1.807, 2.05) is 13.0 Å². The molecule has 8 nitrogen and oxygen atoms in total. The van der Waals surface area contributed by atoms with Crippen LogP contribution in [0.4, 0.5) is 11.9 Å². The Balaban J connectivity index is 2.00. The van der Waals surface area contributed by atoms with Gasteiger partial charge in [-0.25, -0.2) is 4.68 Å². The fourth-order valence-electron chi connectivity index (χ4n) is 1.79. The molecule has 0 radical (unpaired) electrons. The molecule has 2 rings (SSSR count). The third-order valence-electron chi connectivity index (χ3n) is 3.03. The molecule has 114 valence electrons. The number of nitrogens with zero attached hydrogens (tertiary/aromatic N) is 5. The van der Waals surface area contributed by atoms with E-state index in [4.69, 9.17) is 5.11 Å². The molecule has 0 saturated carbocycles. The summed E-state index contributed by atoms with van der Waals surface area (Å²) in [7, 11) is 1.76. The normalized spacial score (nSPS) is 12.1. The second kappa shape index (κ2) is 7.53. The van der Waals surface area contributed by atoms with Crippen molar-refractivity contribution in [3.63, 3.8) is 0 Å². The Morgan fingerprint density at radius 1 is 1.29 bits per heavy atom. The second-order valence-corrected chi connectivity index (χ2v) is 4.84. The van der Waals surface area contributed by atoms with E-state index in [1.54, 1.807) is 24.1 Å². The lowest BCUT2D eigenvalue weighted by Gasteiger charge is -2.10. The number of anilines is 2. The predicted molar refractivity (Wildman–Crippen MR) is 80.5 cm³/mol. The van der Waals surface area contributed by atoms with E-state index in [2.05, 4.69) is 30.7 Å². The summed E-state index contributed by atoms with van der Waals surface area (Å²) in [6, 6.07) is 1.81. The summed E-state index contributed by atoms with van der Waals surface area (Å²) in [4.78, 5) is 12.9. The minimum Gasteiger partial charge on any atom is -0.396 e. The fraction of sp³-hybridized carbons (Fsp3) is 0.538. The first-order chi connectivity index (χ1) is 10.2. The topological polar surface area (TPSA) is 101 Å². The van der Waals surface area contributed by atoms with Crippen molar-refractivity contribution in [3.05, 3.63) is 18.5 Å². The maximum Gasteiger partial charge on any atom is 0.257 e. The van der Waals surface area contributed by atoms with Crippen molar-refractivity contribution in [2.75, 3.05) is 30.8 Å². The molecule has 3 N–H and O–H groups in total. The zero-order valence-electron chi connectivity index (χ0n) is 12.3. The van der Waals surface area contributed by atoms with Gasteiger partial charge in [0.15, 0.2) is 0 Å². The van der Waals surface area contributed by atoms with Crippen LogP contribution in [-0.4, -0.2) is 50.0 Å². The van der Waals surface area contributed by atoms with Gasteiger partial charge in [0, 0.05) is 32.6 Å². The lowest BCUT2D eigenvalue weighted by atomic mass is 10.1. The third-order valence-corrected chi connectivity index (χ3v) is 3.03. The van der Waals surface area contributed by atoms with Crippen molar-refractivity contribution < 1.29 is 5.11 Å². The van der Waals surface area contributed by atoms with E-state index in [-0.39, 0.29) is 6.61 Å². The van der Waals surface area contributed by atoms with Crippen LogP contribution in [0.3, 0.4) is 0 Å². The van der Waals surface area contributed by atoms with E-state index in [0.717, 1.165) is 19.4 Å². The number of hydrogen-bond acceptors (Lipinski definition) is 7. The Morgan fingerprint density at radius 3 is 2.76 bits per heavy atom. The average Bonchev–Trinajstić information content (AvgIpc) is 3.05. The predicted octanol–water partition coefficient (Wildman–Crippen LogP) is 0.919. The quantitative estimate of drug-likeness (QED) is 0.622. The summed E-state index contributed by atoms with van der Waals surface area (Å²) in [6.07, 6.45) is 5.35. The molecule has 8 heteroatoms. The smallest absolute Gasteiger partial charge is 0.257 e. The molecule has 0 amide bonds. The monoisotopic (exact) mass is 291 g/mol. The molecule has 2 aromatic heterocycles. The molecule has 2 heterocycles. The van der Waals surface area contributed by atoms with Crippen molar-refractivity contribution in [1.82, 2.24) is 24.7 Å². The highest BCUT2D eigenvalue weighted by Gasteiger charge is 2.07. The summed E-state index contributed by atoms with van der Waals surface area (Å²) >= 11 is 0. The summed E-state index contributed by atoms with van der Waals surface area (Å²) in [5, 5.41) is 19.2. The van der Waals surface area contributed by atoms with Crippen molar-refractivity contribution in [3.8, 4) is 5.95 Å². The molecule has 0 aliphatic carbocycles. The molecular formula is C13H21N7O. The van der Waals surface area contributed by atoms with E-state index < -0.39 is 0 Å².